The fraction of sp³-hybridized carbons (Fsp3) is 0.0625. The molecule has 0 atom stereocenters. The first kappa shape index (κ1) is 13.8. The zero-order valence-electron chi connectivity index (χ0n) is 12.0. The summed E-state index contributed by atoms with van der Waals surface area (Å²) in [5, 5.41) is 3.10. The van der Waals surface area contributed by atoms with E-state index in [0.717, 1.165) is 11.3 Å². The van der Waals surface area contributed by atoms with Gasteiger partial charge in [0.25, 0.3) is 0 Å². The number of para-hydroxylation sites is 1. The van der Waals surface area contributed by atoms with Crippen molar-refractivity contribution in [3.05, 3.63) is 70.6 Å². The number of benzene rings is 2. The Labute approximate surface area is 127 Å². The molecule has 6 nitrogen and oxygen atoms in total. The molecular weight excluding hydrogens is 278 g/mol. The van der Waals surface area contributed by atoms with Crippen molar-refractivity contribution < 1.29 is 0 Å². The molecule has 0 spiro atoms. The van der Waals surface area contributed by atoms with Crippen LogP contribution in [0.1, 0.15) is 5.56 Å². The Morgan fingerprint density at radius 2 is 1.68 bits per heavy atom. The van der Waals surface area contributed by atoms with Gasteiger partial charge in [-0.3, -0.25) is 0 Å². The van der Waals surface area contributed by atoms with Crippen molar-refractivity contribution in [3.8, 4) is 5.69 Å². The van der Waals surface area contributed by atoms with Crippen LogP contribution in [0.3, 0.4) is 0 Å². The van der Waals surface area contributed by atoms with Gasteiger partial charge >= 0.3 is 5.69 Å². The SMILES string of the molecule is Cc1ccc(-n2c(Nc3ccccc3)nc(N)nc2=O)cc1. The maximum absolute atomic E-state index is 12.2. The predicted octanol–water partition coefficient (Wildman–Crippen LogP) is 2.26. The molecule has 0 unspecified atom stereocenters. The van der Waals surface area contributed by atoms with E-state index in [-0.39, 0.29) is 5.95 Å². The van der Waals surface area contributed by atoms with E-state index in [9.17, 15) is 4.79 Å². The molecule has 0 saturated heterocycles. The molecule has 22 heavy (non-hydrogen) atoms. The normalized spacial score (nSPS) is 10.4. The summed E-state index contributed by atoms with van der Waals surface area (Å²) < 4.78 is 1.39. The van der Waals surface area contributed by atoms with Gasteiger partial charge in [-0.1, -0.05) is 35.9 Å². The van der Waals surface area contributed by atoms with Gasteiger partial charge in [-0.2, -0.15) is 9.97 Å². The van der Waals surface area contributed by atoms with E-state index in [1.165, 1.54) is 4.57 Å². The molecule has 3 rings (SSSR count). The summed E-state index contributed by atoms with van der Waals surface area (Å²) >= 11 is 0. The lowest BCUT2D eigenvalue weighted by Crippen LogP contribution is -2.26. The molecule has 2 aromatic carbocycles. The average Bonchev–Trinajstić information content (AvgIpc) is 2.49. The number of nitrogens with two attached hydrogens (primary N) is 1. The van der Waals surface area contributed by atoms with Crippen LogP contribution >= 0.6 is 0 Å². The van der Waals surface area contributed by atoms with Crippen molar-refractivity contribution in [2.45, 2.75) is 6.92 Å². The van der Waals surface area contributed by atoms with E-state index in [2.05, 4.69) is 15.3 Å². The molecule has 6 heteroatoms. The predicted molar refractivity (Wildman–Crippen MR) is 86.5 cm³/mol. The zero-order valence-corrected chi connectivity index (χ0v) is 12.0. The highest BCUT2D eigenvalue weighted by molar-refractivity contribution is 5.56. The Hall–Kier alpha value is -3.15. The summed E-state index contributed by atoms with van der Waals surface area (Å²) in [5.41, 5.74) is 7.72. The lowest BCUT2D eigenvalue weighted by atomic mass is 10.2. The zero-order chi connectivity index (χ0) is 15.5. The van der Waals surface area contributed by atoms with Crippen LogP contribution in [-0.2, 0) is 0 Å². The van der Waals surface area contributed by atoms with Crippen LogP contribution < -0.4 is 16.7 Å². The molecular formula is C16H15N5O. The summed E-state index contributed by atoms with van der Waals surface area (Å²) in [6, 6.07) is 17.0. The summed E-state index contributed by atoms with van der Waals surface area (Å²) in [4.78, 5) is 20.1. The highest BCUT2D eigenvalue weighted by Gasteiger charge is 2.11. The molecule has 0 fully saturated rings. The quantitative estimate of drug-likeness (QED) is 0.773. The number of nitrogens with one attached hydrogen (secondary N) is 1. The maximum Gasteiger partial charge on any atom is 0.358 e. The van der Waals surface area contributed by atoms with Crippen molar-refractivity contribution in [1.82, 2.24) is 14.5 Å². The number of hydrogen-bond donors (Lipinski definition) is 2. The number of rotatable bonds is 3. The van der Waals surface area contributed by atoms with Crippen LogP contribution in [-0.4, -0.2) is 14.5 Å². The molecule has 3 aromatic rings. The highest BCUT2D eigenvalue weighted by atomic mass is 16.1. The van der Waals surface area contributed by atoms with E-state index < -0.39 is 5.69 Å². The van der Waals surface area contributed by atoms with Crippen LogP contribution in [0.4, 0.5) is 17.6 Å². The van der Waals surface area contributed by atoms with Gasteiger partial charge in [0, 0.05) is 5.69 Å². The monoisotopic (exact) mass is 293 g/mol. The van der Waals surface area contributed by atoms with Gasteiger partial charge in [0.1, 0.15) is 0 Å². The second kappa shape index (κ2) is 5.69. The fourth-order valence-corrected chi connectivity index (χ4v) is 2.08. The molecule has 0 aliphatic rings. The van der Waals surface area contributed by atoms with Crippen molar-refractivity contribution in [1.29, 1.82) is 0 Å². The molecule has 3 N–H and O–H groups in total. The summed E-state index contributed by atoms with van der Waals surface area (Å²) in [7, 11) is 0. The first-order chi connectivity index (χ1) is 10.6. The minimum absolute atomic E-state index is 0.0632. The van der Waals surface area contributed by atoms with Crippen molar-refractivity contribution in [3.63, 3.8) is 0 Å². The van der Waals surface area contributed by atoms with Gasteiger partial charge in [-0.15, -0.1) is 0 Å². The van der Waals surface area contributed by atoms with Gasteiger partial charge in [-0.25, -0.2) is 9.36 Å². The number of nitrogen functional groups attached to an aromatic ring is 1. The molecule has 0 radical (unpaired) electrons. The first-order valence-electron chi connectivity index (χ1n) is 6.79. The second-order valence-electron chi connectivity index (χ2n) is 4.85. The Kier molecular flexibility index (Phi) is 3.57. The Morgan fingerprint density at radius 1 is 1.00 bits per heavy atom. The van der Waals surface area contributed by atoms with Crippen LogP contribution in [0, 0.1) is 6.92 Å². The van der Waals surface area contributed by atoms with E-state index in [0.29, 0.717) is 11.6 Å². The number of aryl methyl sites for hydroxylation is 1. The summed E-state index contributed by atoms with van der Waals surface area (Å²) in [6.45, 7) is 1.98. The van der Waals surface area contributed by atoms with Crippen molar-refractivity contribution in [2.75, 3.05) is 11.1 Å². The largest absolute Gasteiger partial charge is 0.368 e. The molecule has 1 heterocycles. The van der Waals surface area contributed by atoms with Crippen LogP contribution in [0.5, 0.6) is 0 Å². The topological polar surface area (TPSA) is 85.8 Å². The smallest absolute Gasteiger partial charge is 0.358 e. The molecule has 0 saturated carbocycles. The standard InChI is InChI=1S/C16H15N5O/c1-11-7-9-13(10-8-11)21-15(19-14(17)20-16(21)22)18-12-5-3-2-4-6-12/h2-10H,1H3,(H3,17,18,19,20,22). The summed E-state index contributed by atoms with van der Waals surface area (Å²) in [6.07, 6.45) is 0. The number of aromatic nitrogens is 3. The Bertz CT molecular complexity index is 841. The first-order valence-corrected chi connectivity index (χ1v) is 6.79. The lowest BCUT2D eigenvalue weighted by molar-refractivity contribution is 0.879. The van der Waals surface area contributed by atoms with Crippen molar-refractivity contribution >= 4 is 17.6 Å². The van der Waals surface area contributed by atoms with E-state index in [1.54, 1.807) is 0 Å². The number of nitrogens with zero attached hydrogens (tertiary/aromatic N) is 3. The third-order valence-electron chi connectivity index (χ3n) is 3.16. The van der Waals surface area contributed by atoms with Crippen LogP contribution in [0.15, 0.2) is 59.4 Å². The fourth-order valence-electron chi connectivity index (χ4n) is 2.08. The van der Waals surface area contributed by atoms with Gasteiger partial charge in [0.2, 0.25) is 11.9 Å². The molecule has 0 aliphatic carbocycles. The lowest BCUT2D eigenvalue weighted by Gasteiger charge is -2.13. The molecule has 110 valence electrons. The minimum Gasteiger partial charge on any atom is -0.368 e. The number of hydrogen-bond acceptors (Lipinski definition) is 5. The third kappa shape index (κ3) is 2.80. The van der Waals surface area contributed by atoms with E-state index >= 15 is 0 Å². The molecule has 0 amide bonds. The average molecular weight is 293 g/mol. The molecule has 0 bridgehead atoms. The minimum atomic E-state index is -0.477. The van der Waals surface area contributed by atoms with Gasteiger partial charge in [-0.05, 0) is 31.2 Å². The Morgan fingerprint density at radius 3 is 2.36 bits per heavy atom. The summed E-state index contributed by atoms with van der Waals surface area (Å²) in [5.74, 6) is 0.263. The van der Waals surface area contributed by atoms with Gasteiger partial charge in [0.15, 0.2) is 0 Å². The number of anilines is 3. The van der Waals surface area contributed by atoms with Crippen LogP contribution in [0.25, 0.3) is 5.69 Å². The molecule has 0 aliphatic heterocycles. The van der Waals surface area contributed by atoms with E-state index in [4.69, 9.17) is 5.73 Å². The second-order valence-corrected chi connectivity index (χ2v) is 4.85. The highest BCUT2D eigenvalue weighted by Crippen LogP contribution is 2.17. The van der Waals surface area contributed by atoms with Gasteiger partial charge in [0.05, 0.1) is 5.69 Å². The van der Waals surface area contributed by atoms with E-state index in [1.807, 2.05) is 61.5 Å². The van der Waals surface area contributed by atoms with Gasteiger partial charge < -0.3 is 11.1 Å². The Balaban J connectivity index is 2.12. The third-order valence-corrected chi connectivity index (χ3v) is 3.16. The molecule has 1 aromatic heterocycles. The van der Waals surface area contributed by atoms with Crippen molar-refractivity contribution in [2.24, 2.45) is 0 Å². The van der Waals surface area contributed by atoms with Crippen LogP contribution in [0.2, 0.25) is 0 Å². The maximum atomic E-state index is 12.2.